The minimum Gasteiger partial charge on any atom is -0.487 e. The smallest absolute Gasteiger partial charge is 0.132 e. The van der Waals surface area contributed by atoms with Gasteiger partial charge in [0, 0.05) is 28.8 Å². The fraction of sp³-hybridized carbons (Fsp3) is 0.316. The van der Waals surface area contributed by atoms with Gasteiger partial charge in [0.25, 0.3) is 0 Å². The van der Waals surface area contributed by atoms with Crippen molar-refractivity contribution in [3.8, 4) is 5.75 Å². The second-order valence-corrected chi connectivity index (χ2v) is 6.19. The molecule has 1 aromatic carbocycles. The summed E-state index contributed by atoms with van der Waals surface area (Å²) in [5.74, 6) is 0.801. The van der Waals surface area contributed by atoms with E-state index in [2.05, 4.69) is 36.4 Å². The lowest BCUT2D eigenvalue weighted by Gasteiger charge is -2.11. The number of ether oxygens (including phenoxy) is 1. The quantitative estimate of drug-likeness (QED) is 0.635. The Kier molecular flexibility index (Phi) is 4.58. The minimum absolute atomic E-state index is 0.450. The van der Waals surface area contributed by atoms with Crippen LogP contribution < -0.4 is 4.74 Å². The fourth-order valence-electron chi connectivity index (χ4n) is 2.96. The molecule has 3 nitrogen and oxygen atoms in total. The lowest BCUT2D eigenvalue weighted by Crippen LogP contribution is -2.05. The zero-order chi connectivity index (χ0) is 16.4. The van der Waals surface area contributed by atoms with Crippen LogP contribution in [0.3, 0.4) is 0 Å². The number of hydrogen-bond acceptors (Lipinski definition) is 2. The average Bonchev–Trinajstić information content (AvgIpc) is 2.80. The summed E-state index contributed by atoms with van der Waals surface area (Å²) >= 11 is 5.91. The maximum absolute atomic E-state index is 5.91. The van der Waals surface area contributed by atoms with Gasteiger partial charge in [0.2, 0.25) is 0 Å². The van der Waals surface area contributed by atoms with Crippen LogP contribution in [-0.2, 0) is 13.2 Å². The number of nitrogens with zero attached hydrogens (tertiary/aromatic N) is 2. The van der Waals surface area contributed by atoms with Gasteiger partial charge in [-0.15, -0.1) is 0 Å². The van der Waals surface area contributed by atoms with Crippen molar-refractivity contribution in [1.82, 2.24) is 9.55 Å². The van der Waals surface area contributed by atoms with Crippen molar-refractivity contribution in [2.75, 3.05) is 0 Å². The van der Waals surface area contributed by atoms with Crippen LogP contribution in [0.4, 0.5) is 0 Å². The molecule has 0 radical (unpaired) electrons. The Morgan fingerprint density at radius 2 is 1.87 bits per heavy atom. The van der Waals surface area contributed by atoms with Crippen molar-refractivity contribution < 1.29 is 4.74 Å². The number of aromatic nitrogens is 2. The molecule has 0 amide bonds. The number of pyridine rings is 1. The third kappa shape index (κ3) is 3.06. The van der Waals surface area contributed by atoms with Crippen LogP contribution in [0.5, 0.6) is 5.75 Å². The highest BCUT2D eigenvalue weighted by Crippen LogP contribution is 2.28. The van der Waals surface area contributed by atoms with E-state index in [4.69, 9.17) is 16.3 Å². The van der Waals surface area contributed by atoms with E-state index >= 15 is 0 Å². The van der Waals surface area contributed by atoms with E-state index in [1.54, 1.807) is 0 Å². The maximum atomic E-state index is 5.91. The van der Waals surface area contributed by atoms with E-state index in [1.807, 2.05) is 30.5 Å². The van der Waals surface area contributed by atoms with Gasteiger partial charge in [-0.05, 0) is 56.2 Å². The second-order valence-electron chi connectivity index (χ2n) is 5.76. The maximum Gasteiger partial charge on any atom is 0.132 e. The molecule has 4 heteroatoms. The Morgan fingerprint density at radius 3 is 2.57 bits per heavy atom. The van der Waals surface area contributed by atoms with Gasteiger partial charge in [-0.2, -0.15) is 0 Å². The summed E-state index contributed by atoms with van der Waals surface area (Å²) in [4.78, 5) is 4.56. The van der Waals surface area contributed by atoms with E-state index in [0.29, 0.717) is 11.6 Å². The number of benzene rings is 1. The van der Waals surface area contributed by atoms with Crippen LogP contribution in [0.25, 0.3) is 10.9 Å². The molecule has 0 bridgehead atoms. The van der Waals surface area contributed by atoms with Gasteiger partial charge < -0.3 is 9.30 Å². The van der Waals surface area contributed by atoms with E-state index in [9.17, 15) is 0 Å². The molecule has 0 aliphatic rings. The Bertz CT molecular complexity index is 821. The standard InChI is InChI=1S/C19H21ClN2O/c1-4-11-22-14(3)13(2)17-9-10-21-18(19(17)22)12-23-16-7-5-15(20)6-8-16/h5-10H,4,11-12H2,1-3H3. The van der Waals surface area contributed by atoms with Gasteiger partial charge in [-0.1, -0.05) is 18.5 Å². The first-order valence-electron chi connectivity index (χ1n) is 7.93. The molecule has 0 spiro atoms. The van der Waals surface area contributed by atoms with Crippen LogP contribution in [0, 0.1) is 13.8 Å². The molecule has 23 heavy (non-hydrogen) atoms. The zero-order valence-corrected chi connectivity index (χ0v) is 14.5. The minimum atomic E-state index is 0.450. The molecule has 0 unspecified atom stereocenters. The number of aryl methyl sites for hydroxylation is 2. The number of halogens is 1. The highest BCUT2D eigenvalue weighted by Gasteiger charge is 2.15. The summed E-state index contributed by atoms with van der Waals surface area (Å²) < 4.78 is 8.26. The Labute approximate surface area is 141 Å². The molecule has 0 saturated carbocycles. The highest BCUT2D eigenvalue weighted by atomic mass is 35.5. The molecule has 0 saturated heterocycles. The lowest BCUT2D eigenvalue weighted by atomic mass is 10.2. The molecule has 3 aromatic rings. The average molecular weight is 329 g/mol. The Balaban J connectivity index is 1.97. The molecule has 0 fully saturated rings. The summed E-state index contributed by atoms with van der Waals surface area (Å²) in [6, 6.07) is 9.52. The first kappa shape index (κ1) is 15.9. The van der Waals surface area contributed by atoms with Crippen molar-refractivity contribution in [1.29, 1.82) is 0 Å². The first-order chi connectivity index (χ1) is 11.1. The predicted octanol–water partition coefficient (Wildman–Crippen LogP) is 5.30. The molecule has 3 rings (SSSR count). The van der Waals surface area contributed by atoms with Crippen LogP contribution >= 0.6 is 11.6 Å². The van der Waals surface area contributed by atoms with E-state index in [1.165, 1.54) is 22.2 Å². The van der Waals surface area contributed by atoms with Gasteiger partial charge >= 0.3 is 0 Å². The monoisotopic (exact) mass is 328 g/mol. The number of rotatable bonds is 5. The summed E-state index contributed by atoms with van der Waals surface area (Å²) in [6.45, 7) is 7.99. The van der Waals surface area contributed by atoms with Crippen LogP contribution in [0.1, 0.15) is 30.3 Å². The lowest BCUT2D eigenvalue weighted by molar-refractivity contribution is 0.302. The van der Waals surface area contributed by atoms with Gasteiger partial charge in [-0.25, -0.2) is 0 Å². The predicted molar refractivity (Wildman–Crippen MR) is 95.3 cm³/mol. The van der Waals surface area contributed by atoms with Crippen LogP contribution in [-0.4, -0.2) is 9.55 Å². The Hall–Kier alpha value is -2.00. The van der Waals surface area contributed by atoms with Gasteiger partial charge in [0.05, 0.1) is 5.52 Å². The summed E-state index contributed by atoms with van der Waals surface area (Å²) in [6.07, 6.45) is 2.96. The first-order valence-corrected chi connectivity index (χ1v) is 8.31. The molecule has 120 valence electrons. The van der Waals surface area contributed by atoms with Crippen molar-refractivity contribution in [3.05, 3.63) is 58.5 Å². The molecule has 0 N–H and O–H groups in total. The van der Waals surface area contributed by atoms with Crippen LogP contribution in [0.15, 0.2) is 36.5 Å². The van der Waals surface area contributed by atoms with Crippen molar-refractivity contribution in [2.24, 2.45) is 0 Å². The van der Waals surface area contributed by atoms with E-state index in [0.717, 1.165) is 24.4 Å². The molecule has 2 aromatic heterocycles. The van der Waals surface area contributed by atoms with Crippen LogP contribution in [0.2, 0.25) is 5.02 Å². The largest absolute Gasteiger partial charge is 0.487 e. The van der Waals surface area contributed by atoms with Crippen molar-refractivity contribution in [3.63, 3.8) is 0 Å². The van der Waals surface area contributed by atoms with Gasteiger partial charge in [0.15, 0.2) is 0 Å². The number of fused-ring (bicyclic) bond motifs is 1. The van der Waals surface area contributed by atoms with E-state index in [-0.39, 0.29) is 0 Å². The summed E-state index contributed by atoms with van der Waals surface area (Å²) in [5, 5.41) is 1.97. The molecule has 0 aliphatic carbocycles. The van der Waals surface area contributed by atoms with Crippen molar-refractivity contribution in [2.45, 2.75) is 40.3 Å². The third-order valence-electron chi connectivity index (χ3n) is 4.26. The number of hydrogen-bond donors (Lipinski definition) is 0. The Morgan fingerprint density at radius 1 is 1.13 bits per heavy atom. The highest BCUT2D eigenvalue weighted by molar-refractivity contribution is 6.30. The second kappa shape index (κ2) is 6.63. The molecule has 2 heterocycles. The molecular weight excluding hydrogens is 308 g/mol. The zero-order valence-electron chi connectivity index (χ0n) is 13.8. The fourth-order valence-corrected chi connectivity index (χ4v) is 3.08. The van der Waals surface area contributed by atoms with Gasteiger partial charge in [-0.3, -0.25) is 4.98 Å². The molecule has 0 atom stereocenters. The summed E-state index contributed by atoms with van der Waals surface area (Å²) in [5.41, 5.74) is 4.80. The van der Waals surface area contributed by atoms with Crippen molar-refractivity contribution >= 4 is 22.5 Å². The normalized spacial score (nSPS) is 11.1. The third-order valence-corrected chi connectivity index (χ3v) is 4.51. The van der Waals surface area contributed by atoms with Gasteiger partial charge in [0.1, 0.15) is 18.1 Å². The summed E-state index contributed by atoms with van der Waals surface area (Å²) in [7, 11) is 0. The molecule has 0 aliphatic heterocycles. The van der Waals surface area contributed by atoms with E-state index < -0.39 is 0 Å². The molecular formula is C19H21ClN2O. The topological polar surface area (TPSA) is 27.1 Å². The SMILES string of the molecule is CCCn1c(C)c(C)c2ccnc(COc3ccc(Cl)cc3)c21.